The minimum absolute atomic E-state index is 0.0169. The minimum atomic E-state index is -0.494. The second-order valence-corrected chi connectivity index (χ2v) is 6.72. The molecule has 0 N–H and O–H groups in total. The molecule has 5 nitrogen and oxygen atoms in total. The van der Waals surface area contributed by atoms with Crippen molar-refractivity contribution >= 4 is 29.0 Å². The number of ether oxygens (including phenoxy) is 1. The first-order valence-electron chi connectivity index (χ1n) is 7.59. The van der Waals surface area contributed by atoms with E-state index in [-0.39, 0.29) is 31.1 Å². The summed E-state index contributed by atoms with van der Waals surface area (Å²) in [6.07, 6.45) is 3.30. The van der Waals surface area contributed by atoms with Gasteiger partial charge in [0.2, 0.25) is 0 Å². The van der Waals surface area contributed by atoms with Gasteiger partial charge in [-0.3, -0.25) is 14.4 Å². The Bertz CT molecular complexity index is 546. The van der Waals surface area contributed by atoms with Crippen molar-refractivity contribution in [1.29, 1.82) is 0 Å². The number of Topliss-reactive ketones (excluding diaryl/α,β-unsaturated/α-hetero) is 1. The normalized spacial score (nSPS) is 14.7. The van der Waals surface area contributed by atoms with Crippen LogP contribution < -0.4 is 0 Å². The van der Waals surface area contributed by atoms with Crippen molar-refractivity contribution in [3.63, 3.8) is 0 Å². The van der Waals surface area contributed by atoms with Crippen LogP contribution in [0, 0.1) is 6.92 Å². The van der Waals surface area contributed by atoms with Crippen LogP contribution in [0.25, 0.3) is 0 Å². The van der Waals surface area contributed by atoms with Crippen LogP contribution in [0.1, 0.15) is 46.7 Å². The number of piperidine rings is 1. The number of carbonyl (C=O) groups excluding carboxylic acids is 3. The Balaban J connectivity index is 1.67. The van der Waals surface area contributed by atoms with Crippen LogP contribution in [-0.2, 0) is 14.3 Å². The molecule has 0 radical (unpaired) electrons. The van der Waals surface area contributed by atoms with Crippen molar-refractivity contribution in [2.75, 3.05) is 19.7 Å². The standard InChI is InChI=1S/C16H21NO4S/c1-12-5-7-14(22-12)13(18)6-8-16(20)21-11-15(19)17-9-3-2-4-10-17/h5,7H,2-4,6,8-11H2,1H3. The lowest BCUT2D eigenvalue weighted by atomic mass is 10.1. The third-order valence-corrected chi connectivity index (χ3v) is 4.68. The predicted octanol–water partition coefficient (Wildman–Crippen LogP) is 2.58. The van der Waals surface area contributed by atoms with Gasteiger partial charge in [0.1, 0.15) is 0 Å². The number of ketones is 1. The summed E-state index contributed by atoms with van der Waals surface area (Å²) in [6, 6.07) is 3.65. The Labute approximate surface area is 134 Å². The quantitative estimate of drug-likeness (QED) is 0.596. The number of hydrogen-bond acceptors (Lipinski definition) is 5. The summed E-state index contributed by atoms with van der Waals surface area (Å²) in [5, 5.41) is 0. The summed E-state index contributed by atoms with van der Waals surface area (Å²) in [5.41, 5.74) is 0. The van der Waals surface area contributed by atoms with Gasteiger partial charge in [-0.1, -0.05) is 0 Å². The molecule has 0 aromatic carbocycles. The molecule has 0 spiro atoms. The number of rotatable bonds is 6. The highest BCUT2D eigenvalue weighted by atomic mass is 32.1. The van der Waals surface area contributed by atoms with Gasteiger partial charge in [0.05, 0.1) is 11.3 Å². The average Bonchev–Trinajstić information content (AvgIpc) is 2.97. The molecule has 0 unspecified atom stereocenters. The largest absolute Gasteiger partial charge is 0.456 e. The van der Waals surface area contributed by atoms with E-state index in [1.165, 1.54) is 11.3 Å². The number of aryl methyl sites for hydroxylation is 1. The van der Waals surface area contributed by atoms with E-state index < -0.39 is 5.97 Å². The topological polar surface area (TPSA) is 63.7 Å². The van der Waals surface area contributed by atoms with Gasteiger partial charge in [-0.05, 0) is 38.3 Å². The summed E-state index contributed by atoms with van der Waals surface area (Å²) < 4.78 is 4.97. The smallest absolute Gasteiger partial charge is 0.306 e. The maximum absolute atomic E-state index is 11.9. The highest BCUT2D eigenvalue weighted by Crippen LogP contribution is 2.17. The molecule has 1 amide bonds. The van der Waals surface area contributed by atoms with Gasteiger partial charge >= 0.3 is 5.97 Å². The summed E-state index contributed by atoms with van der Waals surface area (Å²) in [5.74, 6) is -0.697. The molecule has 1 fully saturated rings. The molecule has 1 aliphatic rings. The summed E-state index contributed by atoms with van der Waals surface area (Å²) in [6.45, 7) is 3.20. The van der Waals surface area contributed by atoms with Crippen LogP contribution in [0.3, 0.4) is 0 Å². The third kappa shape index (κ3) is 4.94. The van der Waals surface area contributed by atoms with Crippen LogP contribution in [0.4, 0.5) is 0 Å². The molecule has 2 rings (SSSR count). The Morgan fingerprint density at radius 2 is 1.86 bits per heavy atom. The zero-order chi connectivity index (χ0) is 15.9. The van der Waals surface area contributed by atoms with Gasteiger partial charge in [0.15, 0.2) is 12.4 Å². The lowest BCUT2D eigenvalue weighted by Gasteiger charge is -2.26. The summed E-state index contributed by atoms with van der Waals surface area (Å²) in [7, 11) is 0. The predicted molar refractivity (Wildman–Crippen MR) is 84.0 cm³/mol. The summed E-state index contributed by atoms with van der Waals surface area (Å²) >= 11 is 1.42. The van der Waals surface area contributed by atoms with Gasteiger partial charge in [-0.15, -0.1) is 11.3 Å². The Morgan fingerprint density at radius 1 is 1.14 bits per heavy atom. The molecule has 1 saturated heterocycles. The first-order valence-corrected chi connectivity index (χ1v) is 8.41. The second kappa shape index (κ2) is 8.08. The van der Waals surface area contributed by atoms with Crippen molar-refractivity contribution < 1.29 is 19.1 Å². The summed E-state index contributed by atoms with van der Waals surface area (Å²) in [4.78, 5) is 38.8. The first kappa shape index (κ1) is 16.7. The number of thiophene rings is 1. The van der Waals surface area contributed by atoms with Crippen LogP contribution in [0.15, 0.2) is 12.1 Å². The Hall–Kier alpha value is -1.69. The fraction of sp³-hybridized carbons (Fsp3) is 0.562. The first-order chi connectivity index (χ1) is 10.6. The van der Waals surface area contributed by atoms with E-state index in [0.717, 1.165) is 37.2 Å². The van der Waals surface area contributed by atoms with Gasteiger partial charge in [-0.25, -0.2) is 0 Å². The molecule has 22 heavy (non-hydrogen) atoms. The maximum atomic E-state index is 11.9. The fourth-order valence-electron chi connectivity index (χ4n) is 2.37. The third-order valence-electron chi connectivity index (χ3n) is 3.64. The number of esters is 1. The van der Waals surface area contributed by atoms with E-state index in [2.05, 4.69) is 0 Å². The maximum Gasteiger partial charge on any atom is 0.306 e. The Kier molecular flexibility index (Phi) is 6.12. The fourth-order valence-corrected chi connectivity index (χ4v) is 3.21. The number of carbonyl (C=O) groups is 3. The van der Waals surface area contributed by atoms with E-state index in [1.54, 1.807) is 11.0 Å². The average molecular weight is 323 g/mol. The molecule has 0 atom stereocenters. The van der Waals surface area contributed by atoms with Gasteiger partial charge in [-0.2, -0.15) is 0 Å². The van der Waals surface area contributed by atoms with Crippen LogP contribution in [0.5, 0.6) is 0 Å². The molecule has 120 valence electrons. The van der Waals surface area contributed by atoms with Crippen LogP contribution >= 0.6 is 11.3 Å². The molecule has 1 aromatic rings. The van der Waals surface area contributed by atoms with E-state index in [1.807, 2.05) is 13.0 Å². The van der Waals surface area contributed by atoms with E-state index >= 15 is 0 Å². The van der Waals surface area contributed by atoms with Crippen LogP contribution in [0.2, 0.25) is 0 Å². The molecule has 6 heteroatoms. The highest BCUT2D eigenvalue weighted by molar-refractivity contribution is 7.14. The van der Waals surface area contributed by atoms with Crippen LogP contribution in [-0.4, -0.2) is 42.3 Å². The zero-order valence-corrected chi connectivity index (χ0v) is 13.6. The number of likely N-dealkylation sites (tertiary alicyclic amines) is 1. The van der Waals surface area contributed by atoms with Crippen molar-refractivity contribution in [2.45, 2.75) is 39.0 Å². The van der Waals surface area contributed by atoms with Gasteiger partial charge in [0.25, 0.3) is 5.91 Å². The van der Waals surface area contributed by atoms with Gasteiger partial charge in [0, 0.05) is 24.4 Å². The van der Waals surface area contributed by atoms with E-state index in [9.17, 15) is 14.4 Å². The molecular formula is C16H21NO4S. The van der Waals surface area contributed by atoms with Crippen molar-refractivity contribution in [3.8, 4) is 0 Å². The second-order valence-electron chi connectivity index (χ2n) is 5.44. The molecule has 2 heterocycles. The molecule has 0 aliphatic carbocycles. The highest BCUT2D eigenvalue weighted by Gasteiger charge is 2.18. The minimum Gasteiger partial charge on any atom is -0.456 e. The Morgan fingerprint density at radius 3 is 2.50 bits per heavy atom. The monoisotopic (exact) mass is 323 g/mol. The van der Waals surface area contributed by atoms with Gasteiger partial charge < -0.3 is 9.64 Å². The lowest BCUT2D eigenvalue weighted by molar-refractivity contribution is -0.152. The van der Waals surface area contributed by atoms with Crippen molar-refractivity contribution in [3.05, 3.63) is 21.9 Å². The number of nitrogens with zero attached hydrogens (tertiary/aromatic N) is 1. The van der Waals surface area contributed by atoms with Crippen molar-refractivity contribution in [2.24, 2.45) is 0 Å². The molecule has 0 bridgehead atoms. The molecular weight excluding hydrogens is 302 g/mol. The number of amides is 1. The molecule has 1 aromatic heterocycles. The lowest BCUT2D eigenvalue weighted by Crippen LogP contribution is -2.38. The van der Waals surface area contributed by atoms with E-state index in [4.69, 9.17) is 4.74 Å². The number of hydrogen-bond donors (Lipinski definition) is 0. The zero-order valence-electron chi connectivity index (χ0n) is 12.8. The molecule has 0 saturated carbocycles. The molecule has 1 aliphatic heterocycles. The van der Waals surface area contributed by atoms with Crippen molar-refractivity contribution in [1.82, 2.24) is 4.90 Å². The SMILES string of the molecule is Cc1ccc(C(=O)CCC(=O)OCC(=O)N2CCCCC2)s1. The van der Waals surface area contributed by atoms with E-state index in [0.29, 0.717) is 4.88 Å².